The number of urea groups is 1. The van der Waals surface area contributed by atoms with Crippen LogP contribution in [0.1, 0.15) is 39.0 Å². The number of anilines is 1. The molecule has 2 aliphatic rings. The molecule has 1 aromatic rings. The maximum absolute atomic E-state index is 13.0. The lowest BCUT2D eigenvalue weighted by Gasteiger charge is -2.33. The summed E-state index contributed by atoms with van der Waals surface area (Å²) in [4.78, 5) is 52.2. The average molecular weight is 416 g/mol. The van der Waals surface area contributed by atoms with Gasteiger partial charge in [-0.2, -0.15) is 0 Å². The summed E-state index contributed by atoms with van der Waals surface area (Å²) in [6.07, 6.45) is 2.81. The Morgan fingerprint density at radius 2 is 1.87 bits per heavy atom. The second-order valence-corrected chi connectivity index (χ2v) is 8.05. The maximum atomic E-state index is 13.0. The molecule has 0 unspecified atom stereocenters. The first-order valence-electron chi connectivity index (χ1n) is 10.1. The van der Waals surface area contributed by atoms with Crippen LogP contribution in [0.3, 0.4) is 0 Å². The van der Waals surface area contributed by atoms with Crippen LogP contribution in [0.15, 0.2) is 24.3 Å². The Morgan fingerprint density at radius 1 is 1.23 bits per heavy atom. The van der Waals surface area contributed by atoms with Crippen molar-refractivity contribution >= 4 is 29.4 Å². The fourth-order valence-corrected chi connectivity index (χ4v) is 4.02. The van der Waals surface area contributed by atoms with Gasteiger partial charge in [-0.25, -0.2) is 4.79 Å². The molecular formula is C21H28N4O5. The van der Waals surface area contributed by atoms with Crippen molar-refractivity contribution in [3.8, 4) is 5.75 Å². The molecule has 9 nitrogen and oxygen atoms in total. The summed E-state index contributed by atoms with van der Waals surface area (Å²) in [7, 11) is 1.53. The summed E-state index contributed by atoms with van der Waals surface area (Å²) in [6.45, 7) is 1.78. The highest BCUT2D eigenvalue weighted by Gasteiger charge is 2.52. The van der Waals surface area contributed by atoms with Crippen LogP contribution in [0.2, 0.25) is 0 Å². The highest BCUT2D eigenvalue weighted by molar-refractivity contribution is 6.10. The fourth-order valence-electron chi connectivity index (χ4n) is 4.02. The lowest BCUT2D eigenvalue weighted by atomic mass is 9.77. The first kappa shape index (κ1) is 21.6. The molecule has 1 aliphatic carbocycles. The van der Waals surface area contributed by atoms with E-state index in [1.165, 1.54) is 12.0 Å². The molecule has 0 atom stereocenters. The summed E-state index contributed by atoms with van der Waals surface area (Å²) in [6, 6.07) is 6.17. The number of primary amides is 1. The molecule has 0 bridgehead atoms. The third-order valence-corrected chi connectivity index (χ3v) is 5.93. The van der Waals surface area contributed by atoms with Crippen molar-refractivity contribution in [2.45, 2.75) is 44.6 Å². The van der Waals surface area contributed by atoms with Gasteiger partial charge in [-0.3, -0.25) is 19.3 Å². The maximum Gasteiger partial charge on any atom is 0.325 e. The summed E-state index contributed by atoms with van der Waals surface area (Å²) in [5, 5.41) is 2.82. The number of carbonyl (C=O) groups is 4. The minimum Gasteiger partial charge on any atom is -0.497 e. The molecule has 9 heteroatoms. The van der Waals surface area contributed by atoms with Crippen LogP contribution in [0.4, 0.5) is 10.5 Å². The van der Waals surface area contributed by atoms with E-state index in [0.717, 1.165) is 17.7 Å². The predicted octanol–water partition coefficient (Wildman–Crippen LogP) is 1.40. The van der Waals surface area contributed by atoms with Gasteiger partial charge in [-0.15, -0.1) is 0 Å². The van der Waals surface area contributed by atoms with Crippen LogP contribution in [0, 0.1) is 5.92 Å². The lowest BCUT2D eigenvalue weighted by molar-refractivity contribution is -0.135. The highest BCUT2D eigenvalue weighted by Crippen LogP contribution is 2.36. The third-order valence-electron chi connectivity index (χ3n) is 5.93. The van der Waals surface area contributed by atoms with Gasteiger partial charge in [0.25, 0.3) is 5.91 Å². The second-order valence-electron chi connectivity index (χ2n) is 8.05. The van der Waals surface area contributed by atoms with E-state index < -0.39 is 29.9 Å². The van der Waals surface area contributed by atoms with Gasteiger partial charge in [-0.1, -0.05) is 6.92 Å². The minimum absolute atomic E-state index is 0.0419. The number of benzene rings is 1. The molecule has 30 heavy (non-hydrogen) atoms. The molecule has 2 fully saturated rings. The van der Waals surface area contributed by atoms with E-state index in [4.69, 9.17) is 10.5 Å². The molecule has 5 amide bonds. The highest BCUT2D eigenvalue weighted by atomic mass is 16.5. The normalized spacial score (nSPS) is 23.4. The zero-order chi connectivity index (χ0) is 21.9. The van der Waals surface area contributed by atoms with Gasteiger partial charge in [-0.05, 0) is 55.9 Å². The van der Waals surface area contributed by atoms with E-state index in [9.17, 15) is 19.2 Å². The number of nitrogens with zero attached hydrogens (tertiary/aromatic N) is 2. The molecule has 0 radical (unpaired) electrons. The Hall–Kier alpha value is -3.10. The number of imide groups is 1. The Labute approximate surface area is 175 Å². The Morgan fingerprint density at radius 3 is 2.43 bits per heavy atom. The van der Waals surface area contributed by atoms with Crippen molar-refractivity contribution in [1.82, 2.24) is 10.2 Å². The predicted molar refractivity (Wildman–Crippen MR) is 110 cm³/mol. The topological polar surface area (TPSA) is 122 Å². The summed E-state index contributed by atoms with van der Waals surface area (Å²) < 4.78 is 5.13. The monoisotopic (exact) mass is 416 g/mol. The van der Waals surface area contributed by atoms with Crippen LogP contribution in [0.5, 0.6) is 5.75 Å². The number of methoxy groups -OCH3 is 1. The molecule has 1 aromatic carbocycles. The number of hydrogen-bond donors (Lipinski definition) is 2. The smallest absolute Gasteiger partial charge is 0.325 e. The molecule has 3 N–H and O–H groups in total. The van der Waals surface area contributed by atoms with Crippen molar-refractivity contribution in [3.05, 3.63) is 24.3 Å². The van der Waals surface area contributed by atoms with E-state index in [-0.39, 0.29) is 18.9 Å². The van der Waals surface area contributed by atoms with Crippen LogP contribution in [-0.2, 0) is 14.4 Å². The van der Waals surface area contributed by atoms with E-state index in [0.29, 0.717) is 30.2 Å². The number of ether oxygens (including phenoxy) is 1. The Balaban J connectivity index is 1.76. The second kappa shape index (κ2) is 8.73. The first-order valence-corrected chi connectivity index (χ1v) is 10.1. The quantitative estimate of drug-likeness (QED) is 0.651. The van der Waals surface area contributed by atoms with Crippen molar-refractivity contribution < 1.29 is 23.9 Å². The first-order chi connectivity index (χ1) is 14.3. The number of carbonyl (C=O) groups excluding carboxylic acids is 4. The Kier molecular flexibility index (Phi) is 6.28. The van der Waals surface area contributed by atoms with Crippen molar-refractivity contribution in [2.24, 2.45) is 11.7 Å². The molecule has 0 aromatic heterocycles. The van der Waals surface area contributed by atoms with Gasteiger partial charge in [0.1, 0.15) is 17.8 Å². The van der Waals surface area contributed by atoms with Gasteiger partial charge >= 0.3 is 6.03 Å². The van der Waals surface area contributed by atoms with Gasteiger partial charge < -0.3 is 20.7 Å². The standard InChI is InChI=1S/C21H28N4O5/c1-14-7-10-21(11-8-14)19(28)25(20(29)23-21)13-18(27)24(12-9-17(22)26)15-3-5-16(30-2)6-4-15/h3-6,14H,7-13H2,1-2H3,(H2,22,26)(H,23,29). The molecule has 3 rings (SSSR count). The molecule has 1 spiro atoms. The minimum atomic E-state index is -0.901. The summed E-state index contributed by atoms with van der Waals surface area (Å²) >= 11 is 0. The van der Waals surface area contributed by atoms with Gasteiger partial charge in [0.05, 0.1) is 7.11 Å². The zero-order valence-electron chi connectivity index (χ0n) is 17.3. The van der Waals surface area contributed by atoms with Gasteiger partial charge in [0.2, 0.25) is 11.8 Å². The van der Waals surface area contributed by atoms with Crippen LogP contribution >= 0.6 is 0 Å². The van der Waals surface area contributed by atoms with Crippen LogP contribution < -0.4 is 20.7 Å². The molecule has 1 aliphatic heterocycles. The number of nitrogens with two attached hydrogens (primary N) is 1. The number of rotatable bonds is 7. The molecule has 1 saturated carbocycles. The zero-order valence-corrected chi connectivity index (χ0v) is 17.3. The van der Waals surface area contributed by atoms with Gasteiger partial charge in [0, 0.05) is 18.7 Å². The lowest BCUT2D eigenvalue weighted by Crippen LogP contribution is -2.50. The fraction of sp³-hybridized carbons (Fsp3) is 0.524. The SMILES string of the molecule is COc1ccc(N(CCC(N)=O)C(=O)CN2C(=O)NC3(CCC(C)CC3)C2=O)cc1. The third kappa shape index (κ3) is 4.39. The van der Waals surface area contributed by atoms with E-state index in [2.05, 4.69) is 12.2 Å². The van der Waals surface area contributed by atoms with Crippen molar-refractivity contribution in [3.63, 3.8) is 0 Å². The molecular weight excluding hydrogens is 388 g/mol. The van der Waals surface area contributed by atoms with E-state index in [1.54, 1.807) is 24.3 Å². The Bertz CT molecular complexity index is 830. The van der Waals surface area contributed by atoms with Crippen LogP contribution in [-0.4, -0.2) is 54.4 Å². The number of amides is 5. The van der Waals surface area contributed by atoms with Gasteiger partial charge in [0.15, 0.2) is 0 Å². The molecule has 162 valence electrons. The van der Waals surface area contributed by atoms with E-state index in [1.807, 2.05) is 0 Å². The van der Waals surface area contributed by atoms with Crippen molar-refractivity contribution in [1.29, 1.82) is 0 Å². The number of nitrogens with one attached hydrogen (secondary N) is 1. The summed E-state index contributed by atoms with van der Waals surface area (Å²) in [5.74, 6) is -0.242. The molecule has 1 saturated heterocycles. The summed E-state index contributed by atoms with van der Waals surface area (Å²) in [5.41, 5.74) is 4.87. The van der Waals surface area contributed by atoms with Crippen molar-refractivity contribution in [2.75, 3.05) is 25.1 Å². The number of hydrogen-bond acceptors (Lipinski definition) is 5. The van der Waals surface area contributed by atoms with E-state index >= 15 is 0 Å². The average Bonchev–Trinajstić information content (AvgIpc) is 2.95. The largest absolute Gasteiger partial charge is 0.497 e. The molecule has 1 heterocycles. The van der Waals surface area contributed by atoms with Crippen LogP contribution in [0.25, 0.3) is 0 Å².